The first-order valence-electron chi connectivity index (χ1n) is 18.9. The summed E-state index contributed by atoms with van der Waals surface area (Å²) in [5.74, 6) is 1.00. The van der Waals surface area contributed by atoms with E-state index in [0.717, 1.165) is 80.9 Å². The maximum Gasteiger partial charge on any atom is 0.320 e. The molecule has 0 aliphatic carbocycles. The minimum Gasteiger partial charge on any atom is -0.499 e. The Morgan fingerprint density at radius 3 is 2.00 bits per heavy atom. The number of piperazine rings is 1. The number of carbonyl (C=O) groups is 2. The Morgan fingerprint density at radius 2 is 1.54 bits per heavy atom. The van der Waals surface area contributed by atoms with Crippen molar-refractivity contribution in [2.24, 2.45) is 0 Å². The van der Waals surface area contributed by atoms with Crippen LogP contribution in [0.2, 0.25) is 0 Å². The van der Waals surface area contributed by atoms with Crippen LogP contribution in [0.3, 0.4) is 0 Å². The summed E-state index contributed by atoms with van der Waals surface area (Å²) in [6.07, 6.45) is 7.86. The van der Waals surface area contributed by atoms with Gasteiger partial charge in [-0.15, -0.1) is 0 Å². The van der Waals surface area contributed by atoms with Crippen molar-refractivity contribution in [1.29, 1.82) is 5.41 Å². The third-order valence-electron chi connectivity index (χ3n) is 8.73. The van der Waals surface area contributed by atoms with Crippen LogP contribution in [0, 0.1) is 12.3 Å². The van der Waals surface area contributed by atoms with E-state index >= 15 is 0 Å². The Balaban J connectivity index is 0.000000945. The lowest BCUT2D eigenvalue weighted by molar-refractivity contribution is -0.144. The molecule has 0 spiro atoms. The molecule has 0 saturated carbocycles. The highest BCUT2D eigenvalue weighted by Gasteiger charge is 2.25. The monoisotopic (exact) mass is 700 g/mol. The maximum atomic E-state index is 13.0. The molecule has 8 heteroatoms. The molecule has 1 N–H and O–H groups in total. The standard InChI is InChI=1S/C22H34N2O3.C18H30FNO.C2H6/c1-7-20(25)17-13-18(22(4,5)6)16(3)19(14-17)24-11-9-23(10-12-24)15-21(26)27-8-2;1-6-9-10-17(15(5)21-8-3)12-11-16(7-2)18(13-19)14(4)20;1-2/h13-14H,7-12,15H2,1-6H3;11,13,20H,6-10,12H2,1-5H3;1-2H3/b;16-11?,17-15+,18-13+,20-14?;. The van der Waals surface area contributed by atoms with Gasteiger partial charge in [0.2, 0.25) is 0 Å². The Kier molecular flexibility index (Phi) is 23.2. The molecule has 0 atom stereocenters. The van der Waals surface area contributed by atoms with E-state index in [4.69, 9.17) is 14.9 Å². The number of benzene rings is 1. The SMILES string of the molecule is CC.CCCC/C(CC=C(CC)/C(=C/F)C(C)=N)=C(/C)OCC.CCOC(=O)CN1CCN(c2cc(C(=O)CC)cc(C(C)(C)C)c2C)CC1. The van der Waals surface area contributed by atoms with Crippen LogP contribution >= 0.6 is 0 Å². The van der Waals surface area contributed by atoms with Crippen molar-refractivity contribution in [2.45, 2.75) is 134 Å². The predicted octanol–water partition coefficient (Wildman–Crippen LogP) is 10.7. The van der Waals surface area contributed by atoms with Crippen LogP contribution in [0.4, 0.5) is 10.1 Å². The predicted molar refractivity (Wildman–Crippen MR) is 211 cm³/mol. The number of nitrogens with zero attached hydrogens (tertiary/aromatic N) is 2. The highest BCUT2D eigenvalue weighted by molar-refractivity contribution is 5.99. The van der Waals surface area contributed by atoms with Gasteiger partial charge in [-0.2, -0.15) is 0 Å². The second-order valence-electron chi connectivity index (χ2n) is 13.4. The summed E-state index contributed by atoms with van der Waals surface area (Å²) in [6, 6.07) is 4.12. The number of nitrogens with one attached hydrogen (secondary N) is 1. The summed E-state index contributed by atoms with van der Waals surface area (Å²) in [5.41, 5.74) is 7.24. The van der Waals surface area contributed by atoms with E-state index in [2.05, 4.69) is 56.6 Å². The quantitative estimate of drug-likeness (QED) is 0.0608. The molecule has 1 saturated heterocycles. The molecule has 0 amide bonds. The van der Waals surface area contributed by atoms with E-state index in [-0.39, 0.29) is 22.9 Å². The molecule has 1 fully saturated rings. The molecule has 1 aromatic rings. The Bertz CT molecular complexity index is 1300. The third-order valence-corrected chi connectivity index (χ3v) is 8.73. The number of ether oxygens (including phenoxy) is 2. The number of hydrogen-bond acceptors (Lipinski definition) is 7. The van der Waals surface area contributed by atoms with Crippen LogP contribution in [0.5, 0.6) is 0 Å². The average Bonchev–Trinajstić information content (AvgIpc) is 3.08. The highest BCUT2D eigenvalue weighted by Crippen LogP contribution is 2.34. The van der Waals surface area contributed by atoms with Gasteiger partial charge in [0.25, 0.3) is 0 Å². The van der Waals surface area contributed by atoms with Crippen LogP contribution in [-0.4, -0.2) is 68.3 Å². The van der Waals surface area contributed by atoms with Crippen LogP contribution in [0.15, 0.2) is 47.0 Å². The first kappa shape index (κ1) is 46.7. The van der Waals surface area contributed by atoms with Crippen molar-refractivity contribution in [1.82, 2.24) is 4.90 Å². The fourth-order valence-corrected chi connectivity index (χ4v) is 5.92. The van der Waals surface area contributed by atoms with E-state index in [1.54, 1.807) is 6.92 Å². The molecule has 284 valence electrons. The van der Waals surface area contributed by atoms with E-state index in [1.165, 1.54) is 16.7 Å². The normalized spacial score (nSPS) is 14.5. The average molecular weight is 700 g/mol. The van der Waals surface area contributed by atoms with Gasteiger partial charge in [-0.3, -0.25) is 14.5 Å². The third kappa shape index (κ3) is 15.7. The van der Waals surface area contributed by atoms with Crippen LogP contribution < -0.4 is 4.90 Å². The van der Waals surface area contributed by atoms with Crippen molar-refractivity contribution < 1.29 is 23.5 Å². The second-order valence-corrected chi connectivity index (χ2v) is 13.4. The minimum absolute atomic E-state index is 0.0192. The highest BCUT2D eigenvalue weighted by atomic mass is 19.1. The van der Waals surface area contributed by atoms with Crippen molar-refractivity contribution >= 4 is 23.2 Å². The number of rotatable bonds is 16. The van der Waals surface area contributed by atoms with Gasteiger partial charge >= 0.3 is 5.97 Å². The van der Waals surface area contributed by atoms with Crippen molar-refractivity contribution in [3.63, 3.8) is 0 Å². The number of unbranched alkanes of at least 4 members (excludes halogenated alkanes) is 1. The van der Waals surface area contributed by atoms with Crippen LogP contribution in [0.25, 0.3) is 0 Å². The molecule has 1 aliphatic rings. The van der Waals surface area contributed by atoms with Crippen molar-refractivity contribution in [3.8, 4) is 0 Å². The number of esters is 1. The zero-order valence-electron chi connectivity index (χ0n) is 33.9. The number of Topliss-reactive ketones (excluding diaryl/α,β-unsaturated/α-hetero) is 1. The molecule has 1 aliphatic heterocycles. The first-order valence-corrected chi connectivity index (χ1v) is 18.9. The molecule has 1 heterocycles. The maximum absolute atomic E-state index is 13.0. The lowest BCUT2D eigenvalue weighted by atomic mass is 9.81. The number of allylic oxidation sites excluding steroid dienone is 5. The van der Waals surface area contributed by atoms with Gasteiger partial charge in [0.15, 0.2) is 5.78 Å². The molecule has 2 rings (SSSR count). The van der Waals surface area contributed by atoms with E-state index < -0.39 is 0 Å². The van der Waals surface area contributed by atoms with Gasteiger partial charge in [0.05, 0.1) is 31.8 Å². The van der Waals surface area contributed by atoms with Gasteiger partial charge in [-0.25, -0.2) is 4.39 Å². The van der Waals surface area contributed by atoms with Crippen molar-refractivity contribution in [3.05, 3.63) is 63.7 Å². The fraction of sp³-hybridized carbons (Fsp3) is 0.643. The number of halogens is 1. The summed E-state index contributed by atoms with van der Waals surface area (Å²) in [6.45, 7) is 31.0. The van der Waals surface area contributed by atoms with Gasteiger partial charge in [0.1, 0.15) is 0 Å². The van der Waals surface area contributed by atoms with Crippen LogP contribution in [0.1, 0.15) is 143 Å². The van der Waals surface area contributed by atoms with Crippen LogP contribution in [-0.2, 0) is 19.7 Å². The molecule has 0 radical (unpaired) electrons. The topological polar surface area (TPSA) is 82.9 Å². The first-order chi connectivity index (χ1) is 23.7. The van der Waals surface area contributed by atoms with E-state index in [1.807, 2.05) is 54.5 Å². The van der Waals surface area contributed by atoms with Crippen molar-refractivity contribution in [2.75, 3.05) is 50.8 Å². The fourth-order valence-electron chi connectivity index (χ4n) is 5.92. The summed E-state index contributed by atoms with van der Waals surface area (Å²) in [4.78, 5) is 28.6. The van der Waals surface area contributed by atoms with Gasteiger partial charge in [0, 0.05) is 55.1 Å². The van der Waals surface area contributed by atoms with E-state index in [0.29, 0.717) is 38.1 Å². The molecule has 50 heavy (non-hydrogen) atoms. The largest absolute Gasteiger partial charge is 0.499 e. The lowest BCUT2D eigenvalue weighted by Gasteiger charge is -2.37. The molecule has 0 aromatic heterocycles. The number of hydrogen-bond donors (Lipinski definition) is 1. The Labute approximate surface area is 304 Å². The zero-order valence-corrected chi connectivity index (χ0v) is 33.9. The Hall–Kier alpha value is -3.26. The summed E-state index contributed by atoms with van der Waals surface area (Å²) in [7, 11) is 0. The number of anilines is 1. The van der Waals surface area contributed by atoms with Gasteiger partial charge < -0.3 is 19.8 Å². The molecular formula is C42H70FN3O4. The van der Waals surface area contributed by atoms with Gasteiger partial charge in [-0.1, -0.05) is 67.9 Å². The zero-order chi connectivity index (χ0) is 38.4. The molecule has 0 unspecified atom stereocenters. The minimum atomic E-state index is -0.160. The summed E-state index contributed by atoms with van der Waals surface area (Å²) in [5, 5.41) is 7.65. The summed E-state index contributed by atoms with van der Waals surface area (Å²) < 4.78 is 23.6. The number of carbonyl (C=O) groups excluding carboxylic acids is 2. The van der Waals surface area contributed by atoms with Gasteiger partial charge in [-0.05, 0) is 100 Å². The molecular weight excluding hydrogens is 629 g/mol. The lowest BCUT2D eigenvalue weighted by Crippen LogP contribution is -2.48. The Morgan fingerprint density at radius 1 is 0.940 bits per heavy atom. The van der Waals surface area contributed by atoms with E-state index in [9.17, 15) is 14.0 Å². The molecule has 0 bridgehead atoms. The number of ketones is 1. The molecule has 1 aromatic carbocycles. The second kappa shape index (κ2) is 24.8. The smallest absolute Gasteiger partial charge is 0.320 e. The molecule has 7 nitrogen and oxygen atoms in total. The summed E-state index contributed by atoms with van der Waals surface area (Å²) >= 11 is 0.